The molecule has 0 saturated heterocycles. The minimum Gasteiger partial charge on any atom is -0.456 e. The summed E-state index contributed by atoms with van der Waals surface area (Å²) < 4.78 is 5.62. The summed E-state index contributed by atoms with van der Waals surface area (Å²) >= 11 is 0. The van der Waals surface area contributed by atoms with E-state index in [0.717, 1.165) is 5.56 Å². The lowest BCUT2D eigenvalue weighted by Gasteiger charge is -2.09. The maximum atomic E-state index is 10.5. The van der Waals surface area contributed by atoms with Gasteiger partial charge in [-0.2, -0.15) is 5.26 Å². The topological polar surface area (TPSA) is 76.2 Å². The van der Waals surface area contributed by atoms with E-state index in [2.05, 4.69) is 6.07 Å². The Labute approximate surface area is 109 Å². The molecule has 0 radical (unpaired) electrons. The van der Waals surface area contributed by atoms with Gasteiger partial charge in [0.25, 0.3) is 5.69 Å². The van der Waals surface area contributed by atoms with E-state index in [1.54, 1.807) is 12.1 Å². The average molecular weight is 254 g/mol. The summed E-state index contributed by atoms with van der Waals surface area (Å²) in [5, 5.41) is 19.6. The van der Waals surface area contributed by atoms with Crippen LogP contribution in [0.1, 0.15) is 11.1 Å². The molecule has 2 rings (SSSR count). The highest BCUT2D eigenvalue weighted by Crippen LogP contribution is 2.29. The van der Waals surface area contributed by atoms with Crippen LogP contribution in [0.15, 0.2) is 42.5 Å². The van der Waals surface area contributed by atoms with E-state index in [9.17, 15) is 10.1 Å². The molecule has 0 fully saturated rings. The zero-order valence-corrected chi connectivity index (χ0v) is 10.2. The van der Waals surface area contributed by atoms with Gasteiger partial charge in [0.2, 0.25) is 0 Å². The number of benzene rings is 2. The van der Waals surface area contributed by atoms with E-state index in [0.29, 0.717) is 17.1 Å². The zero-order valence-electron chi connectivity index (χ0n) is 10.2. The first kappa shape index (κ1) is 12.6. The van der Waals surface area contributed by atoms with Gasteiger partial charge in [-0.05, 0) is 30.7 Å². The van der Waals surface area contributed by atoms with Crippen molar-refractivity contribution < 1.29 is 9.66 Å². The number of hydrogen-bond donors (Lipinski definition) is 0. The summed E-state index contributed by atoms with van der Waals surface area (Å²) in [6.45, 7) is 1.83. The Morgan fingerprint density at radius 2 is 1.89 bits per heavy atom. The average Bonchev–Trinajstić information content (AvgIpc) is 2.41. The van der Waals surface area contributed by atoms with Crippen molar-refractivity contribution in [1.29, 1.82) is 5.26 Å². The molecule has 0 heterocycles. The molecule has 0 aliphatic rings. The number of nitro groups is 1. The number of ether oxygens (including phenoxy) is 1. The van der Waals surface area contributed by atoms with Crippen LogP contribution in [0.25, 0.3) is 0 Å². The van der Waals surface area contributed by atoms with E-state index >= 15 is 0 Å². The Kier molecular flexibility index (Phi) is 3.44. The molecule has 94 valence electrons. The second kappa shape index (κ2) is 5.19. The molecule has 2 aromatic rings. The molecule has 0 aliphatic carbocycles. The van der Waals surface area contributed by atoms with Crippen LogP contribution in [-0.4, -0.2) is 4.92 Å². The molecule has 5 nitrogen and oxygen atoms in total. The summed E-state index contributed by atoms with van der Waals surface area (Å²) in [7, 11) is 0. The molecule has 0 amide bonds. The van der Waals surface area contributed by atoms with Crippen molar-refractivity contribution in [2.75, 3.05) is 0 Å². The van der Waals surface area contributed by atoms with Crippen LogP contribution in [0.2, 0.25) is 0 Å². The van der Waals surface area contributed by atoms with Gasteiger partial charge in [0.05, 0.1) is 10.5 Å². The minimum absolute atomic E-state index is 0.00218. The van der Waals surface area contributed by atoms with Crippen LogP contribution in [0.5, 0.6) is 11.5 Å². The lowest BCUT2D eigenvalue weighted by Crippen LogP contribution is -1.92. The van der Waals surface area contributed by atoms with Crippen molar-refractivity contribution in [1.82, 2.24) is 0 Å². The van der Waals surface area contributed by atoms with Crippen molar-refractivity contribution in [3.63, 3.8) is 0 Å². The third-order valence-corrected chi connectivity index (χ3v) is 2.60. The number of nitriles is 1. The van der Waals surface area contributed by atoms with Crippen LogP contribution in [-0.2, 0) is 0 Å². The van der Waals surface area contributed by atoms with E-state index in [1.165, 1.54) is 24.3 Å². The number of rotatable bonds is 3. The molecule has 0 aromatic heterocycles. The number of nitrogens with zero attached hydrogens (tertiary/aromatic N) is 2. The summed E-state index contributed by atoms with van der Waals surface area (Å²) in [6, 6.07) is 13.1. The molecule has 19 heavy (non-hydrogen) atoms. The molecule has 5 heteroatoms. The highest BCUT2D eigenvalue weighted by Gasteiger charge is 2.09. The zero-order chi connectivity index (χ0) is 13.8. The van der Waals surface area contributed by atoms with Gasteiger partial charge in [0, 0.05) is 12.1 Å². The molecule has 0 saturated carbocycles. The Bertz CT molecular complexity index is 657. The summed E-state index contributed by atoms with van der Waals surface area (Å²) in [4.78, 5) is 10.1. The van der Waals surface area contributed by atoms with Crippen LogP contribution in [0, 0.1) is 28.4 Å². The molecule has 0 bridgehead atoms. The Morgan fingerprint density at radius 1 is 1.21 bits per heavy atom. The van der Waals surface area contributed by atoms with E-state index in [1.807, 2.05) is 13.0 Å². The number of hydrogen-bond acceptors (Lipinski definition) is 4. The third kappa shape index (κ3) is 2.69. The third-order valence-electron chi connectivity index (χ3n) is 2.60. The lowest BCUT2D eigenvalue weighted by molar-refractivity contribution is -0.384. The monoisotopic (exact) mass is 254 g/mol. The van der Waals surface area contributed by atoms with E-state index in [-0.39, 0.29) is 5.69 Å². The molecular formula is C14H10N2O3. The molecule has 2 aromatic carbocycles. The fourth-order valence-corrected chi connectivity index (χ4v) is 1.63. The predicted octanol–water partition coefficient (Wildman–Crippen LogP) is 3.57. The first-order chi connectivity index (χ1) is 9.11. The summed E-state index contributed by atoms with van der Waals surface area (Å²) in [6.07, 6.45) is 0. The first-order valence-electron chi connectivity index (χ1n) is 5.54. The van der Waals surface area contributed by atoms with Crippen LogP contribution in [0.4, 0.5) is 5.69 Å². The number of non-ortho nitro benzene ring substituents is 1. The SMILES string of the molecule is Cc1cccc(C#N)c1Oc1ccc([N+](=O)[O-])cc1. The highest BCUT2D eigenvalue weighted by atomic mass is 16.6. The maximum absolute atomic E-state index is 10.5. The van der Waals surface area contributed by atoms with Crippen molar-refractivity contribution >= 4 is 5.69 Å². The maximum Gasteiger partial charge on any atom is 0.269 e. The van der Waals surface area contributed by atoms with Gasteiger partial charge in [-0.25, -0.2) is 0 Å². The van der Waals surface area contributed by atoms with Gasteiger partial charge in [0.15, 0.2) is 0 Å². The van der Waals surface area contributed by atoms with Crippen molar-refractivity contribution in [3.8, 4) is 17.6 Å². The Morgan fingerprint density at radius 3 is 2.47 bits per heavy atom. The first-order valence-corrected chi connectivity index (χ1v) is 5.54. The number of aryl methyl sites for hydroxylation is 1. The standard InChI is InChI=1S/C14H10N2O3/c1-10-3-2-4-11(9-15)14(10)19-13-7-5-12(6-8-13)16(17)18/h2-8H,1H3. The minimum atomic E-state index is -0.474. The van der Waals surface area contributed by atoms with E-state index in [4.69, 9.17) is 10.00 Å². The van der Waals surface area contributed by atoms with Crippen molar-refractivity contribution in [2.24, 2.45) is 0 Å². The summed E-state index contributed by atoms with van der Waals surface area (Å²) in [5.41, 5.74) is 1.26. The van der Waals surface area contributed by atoms with Crippen molar-refractivity contribution in [2.45, 2.75) is 6.92 Å². The molecule has 0 unspecified atom stereocenters. The fraction of sp³-hybridized carbons (Fsp3) is 0.0714. The van der Waals surface area contributed by atoms with Crippen LogP contribution >= 0.6 is 0 Å². The van der Waals surface area contributed by atoms with Gasteiger partial charge in [-0.15, -0.1) is 0 Å². The quantitative estimate of drug-likeness (QED) is 0.619. The fourth-order valence-electron chi connectivity index (χ4n) is 1.63. The van der Waals surface area contributed by atoms with Gasteiger partial charge >= 0.3 is 0 Å². The Hall–Kier alpha value is -2.87. The van der Waals surface area contributed by atoms with E-state index < -0.39 is 4.92 Å². The predicted molar refractivity (Wildman–Crippen MR) is 69.1 cm³/mol. The van der Waals surface area contributed by atoms with Crippen LogP contribution < -0.4 is 4.74 Å². The van der Waals surface area contributed by atoms with Gasteiger partial charge in [-0.1, -0.05) is 12.1 Å². The number of para-hydroxylation sites is 1. The van der Waals surface area contributed by atoms with Crippen LogP contribution in [0.3, 0.4) is 0 Å². The Balaban J connectivity index is 2.32. The molecular weight excluding hydrogens is 244 g/mol. The molecule has 0 N–H and O–H groups in total. The second-order valence-electron chi connectivity index (χ2n) is 3.92. The lowest BCUT2D eigenvalue weighted by atomic mass is 10.1. The van der Waals surface area contributed by atoms with Gasteiger partial charge in [-0.3, -0.25) is 10.1 Å². The molecule has 0 spiro atoms. The van der Waals surface area contributed by atoms with Gasteiger partial charge < -0.3 is 4.74 Å². The summed E-state index contributed by atoms with van der Waals surface area (Å²) in [5.74, 6) is 0.926. The largest absolute Gasteiger partial charge is 0.456 e. The second-order valence-corrected chi connectivity index (χ2v) is 3.92. The van der Waals surface area contributed by atoms with Crippen molar-refractivity contribution in [3.05, 3.63) is 63.7 Å². The molecule has 0 atom stereocenters. The number of nitro benzene ring substituents is 1. The normalized spacial score (nSPS) is 9.68. The smallest absolute Gasteiger partial charge is 0.269 e. The highest BCUT2D eigenvalue weighted by molar-refractivity contribution is 5.50. The van der Waals surface area contributed by atoms with Gasteiger partial charge in [0.1, 0.15) is 17.6 Å². The molecule has 0 aliphatic heterocycles.